The Bertz CT molecular complexity index is 1690. The van der Waals surface area contributed by atoms with Crippen LogP contribution in [0.15, 0.2) is 109 Å². The molecule has 2 heteroatoms. The molecule has 8 atom stereocenters. The summed E-state index contributed by atoms with van der Waals surface area (Å²) in [7, 11) is 0. The Balaban J connectivity index is 1.05. The molecule has 4 fully saturated rings. The molecule has 4 saturated carbocycles. The lowest BCUT2D eigenvalue weighted by atomic mass is 9.42. The van der Waals surface area contributed by atoms with E-state index in [0.29, 0.717) is 10.8 Å². The molecule has 2 nitrogen and oxygen atoms in total. The van der Waals surface area contributed by atoms with Gasteiger partial charge in [-0.25, -0.2) is 0 Å². The monoisotopic (exact) mass is 708 g/mol. The van der Waals surface area contributed by atoms with Crippen molar-refractivity contribution in [3.8, 4) is 23.0 Å². The number of hydrogen-bond donors (Lipinski definition) is 0. The van der Waals surface area contributed by atoms with Crippen molar-refractivity contribution >= 4 is 0 Å². The highest BCUT2D eigenvalue weighted by molar-refractivity contribution is 5.46. The number of fused-ring (bicyclic) bond motifs is 5. The van der Waals surface area contributed by atoms with Crippen molar-refractivity contribution in [2.24, 2.45) is 52.3 Å². The van der Waals surface area contributed by atoms with Crippen LogP contribution < -0.4 is 9.47 Å². The van der Waals surface area contributed by atoms with Gasteiger partial charge in [0.15, 0.2) is 0 Å². The van der Waals surface area contributed by atoms with Gasteiger partial charge >= 0.3 is 0 Å². The van der Waals surface area contributed by atoms with Gasteiger partial charge in [-0.15, -0.1) is 0 Å². The fourth-order valence-corrected chi connectivity index (χ4v) is 12.9. The molecule has 0 saturated heterocycles. The molecule has 280 valence electrons. The van der Waals surface area contributed by atoms with E-state index in [1.165, 1.54) is 88.2 Å². The first-order chi connectivity index (χ1) is 25.7. The van der Waals surface area contributed by atoms with Gasteiger partial charge in [-0.1, -0.05) is 115 Å². The number of ether oxygens (including phenoxy) is 2. The van der Waals surface area contributed by atoms with Crippen LogP contribution in [0.4, 0.5) is 0 Å². The van der Waals surface area contributed by atoms with Crippen molar-refractivity contribution in [3.05, 3.63) is 120 Å². The summed E-state index contributed by atoms with van der Waals surface area (Å²) >= 11 is 0. The van der Waals surface area contributed by atoms with Gasteiger partial charge in [-0.05, 0) is 170 Å². The number of hydrogen-bond acceptors (Lipinski definition) is 2. The summed E-state index contributed by atoms with van der Waals surface area (Å²) in [5.74, 6) is 9.63. The summed E-state index contributed by atoms with van der Waals surface area (Å²) in [5, 5.41) is 0. The van der Waals surface area contributed by atoms with Crippen LogP contribution in [0.3, 0.4) is 0 Å². The first-order valence-corrected chi connectivity index (χ1v) is 21.3. The van der Waals surface area contributed by atoms with Gasteiger partial charge in [-0.2, -0.15) is 0 Å². The number of rotatable bonds is 11. The zero-order valence-corrected chi connectivity index (χ0v) is 33.2. The minimum Gasteiger partial charge on any atom is -0.457 e. The predicted octanol–water partition coefficient (Wildman–Crippen LogP) is 14.7. The molecule has 8 rings (SSSR count). The summed E-state index contributed by atoms with van der Waals surface area (Å²) in [6.07, 6.45) is 16.6. The second-order valence-corrected chi connectivity index (χ2v) is 18.9. The Labute approximate surface area is 321 Å². The summed E-state index contributed by atoms with van der Waals surface area (Å²) < 4.78 is 12.5. The van der Waals surface area contributed by atoms with Gasteiger partial charge in [0.25, 0.3) is 0 Å². The van der Waals surface area contributed by atoms with Crippen molar-refractivity contribution in [2.45, 2.75) is 117 Å². The van der Waals surface area contributed by atoms with E-state index in [2.05, 4.69) is 83.1 Å². The Morgan fingerprint density at radius 2 is 1.09 bits per heavy atom. The van der Waals surface area contributed by atoms with Gasteiger partial charge in [0, 0.05) is 5.41 Å². The third-order valence-corrected chi connectivity index (χ3v) is 15.7. The number of benzene rings is 4. The van der Waals surface area contributed by atoms with E-state index in [-0.39, 0.29) is 5.41 Å². The van der Waals surface area contributed by atoms with E-state index >= 15 is 0 Å². The van der Waals surface area contributed by atoms with Crippen LogP contribution in [0.1, 0.15) is 123 Å². The molecule has 4 aromatic rings. The standard InChI is InChI=1S/C51H64O2/c1-36(2)13-12-14-37(3)46-29-30-47-45-28-23-40-35-51(34-33-49(40,4)48(45)31-32-50(46,47)5,38-19-24-43(25-20-38)52-41-15-8-6-9-16-41)39-21-26-44(27-22-39)53-42-17-10-7-11-18-42/h6-11,15-22,24-27,36-37,40,45-48H,12-14,23,28-35H2,1-5H3. The quantitative estimate of drug-likeness (QED) is 0.154. The first-order valence-electron chi connectivity index (χ1n) is 21.3. The molecular formula is C51H64O2. The topological polar surface area (TPSA) is 18.5 Å². The molecule has 53 heavy (non-hydrogen) atoms. The van der Waals surface area contributed by atoms with Crippen LogP contribution in [-0.4, -0.2) is 0 Å². The average Bonchev–Trinajstić information content (AvgIpc) is 3.53. The van der Waals surface area contributed by atoms with Crippen molar-refractivity contribution in [2.75, 3.05) is 0 Å². The molecule has 0 N–H and O–H groups in total. The third-order valence-electron chi connectivity index (χ3n) is 15.7. The Kier molecular flexibility index (Phi) is 10.3. The lowest BCUT2D eigenvalue weighted by Gasteiger charge is -2.63. The smallest absolute Gasteiger partial charge is 0.127 e. The average molecular weight is 709 g/mol. The SMILES string of the molecule is CC(C)CCCC(C)C1CCC2C3CCC4CC(c5ccc(Oc6ccccc6)cc5)(c5ccc(Oc6ccccc6)cc5)CCC4(C)C3CCC12C. The van der Waals surface area contributed by atoms with Gasteiger partial charge < -0.3 is 9.47 Å². The van der Waals surface area contributed by atoms with Crippen molar-refractivity contribution < 1.29 is 9.47 Å². The lowest BCUT2D eigenvalue weighted by Crippen LogP contribution is -2.55. The van der Waals surface area contributed by atoms with E-state index in [0.717, 1.165) is 64.4 Å². The predicted molar refractivity (Wildman–Crippen MR) is 220 cm³/mol. The maximum atomic E-state index is 6.27. The zero-order chi connectivity index (χ0) is 36.6. The zero-order valence-electron chi connectivity index (χ0n) is 33.2. The van der Waals surface area contributed by atoms with Gasteiger partial charge in [-0.3, -0.25) is 0 Å². The normalized spacial score (nSPS) is 30.9. The van der Waals surface area contributed by atoms with Gasteiger partial charge in [0.2, 0.25) is 0 Å². The van der Waals surface area contributed by atoms with E-state index in [4.69, 9.17) is 9.47 Å². The van der Waals surface area contributed by atoms with E-state index in [9.17, 15) is 0 Å². The minimum atomic E-state index is -0.0272. The largest absolute Gasteiger partial charge is 0.457 e. The molecule has 0 heterocycles. The fourth-order valence-electron chi connectivity index (χ4n) is 12.9. The highest BCUT2D eigenvalue weighted by atomic mass is 16.5. The molecule has 4 aliphatic carbocycles. The van der Waals surface area contributed by atoms with Crippen LogP contribution in [0, 0.1) is 52.3 Å². The Morgan fingerprint density at radius 1 is 0.547 bits per heavy atom. The van der Waals surface area contributed by atoms with E-state index in [1.807, 2.05) is 60.7 Å². The summed E-state index contributed by atoms with van der Waals surface area (Å²) in [4.78, 5) is 0. The second kappa shape index (κ2) is 15.0. The van der Waals surface area contributed by atoms with Crippen molar-refractivity contribution in [1.29, 1.82) is 0 Å². The van der Waals surface area contributed by atoms with E-state index < -0.39 is 0 Å². The Morgan fingerprint density at radius 3 is 1.66 bits per heavy atom. The molecule has 0 aromatic heterocycles. The fraction of sp³-hybridized carbons (Fsp3) is 0.529. The molecule has 0 amide bonds. The first kappa shape index (κ1) is 36.5. The molecule has 0 spiro atoms. The molecular weight excluding hydrogens is 645 g/mol. The highest BCUT2D eigenvalue weighted by Crippen LogP contribution is 2.70. The summed E-state index contributed by atoms with van der Waals surface area (Å²) in [6.45, 7) is 12.9. The van der Waals surface area contributed by atoms with Crippen molar-refractivity contribution in [1.82, 2.24) is 0 Å². The van der Waals surface area contributed by atoms with Crippen LogP contribution in [0.2, 0.25) is 0 Å². The van der Waals surface area contributed by atoms with Crippen LogP contribution in [0.25, 0.3) is 0 Å². The third kappa shape index (κ3) is 6.98. The van der Waals surface area contributed by atoms with Crippen LogP contribution in [0.5, 0.6) is 23.0 Å². The molecule has 4 aromatic carbocycles. The van der Waals surface area contributed by atoms with Crippen molar-refractivity contribution in [3.63, 3.8) is 0 Å². The molecule has 8 unspecified atom stereocenters. The molecule has 0 radical (unpaired) electrons. The second-order valence-electron chi connectivity index (χ2n) is 18.9. The van der Waals surface area contributed by atoms with Gasteiger partial charge in [0.05, 0.1) is 0 Å². The Hall–Kier alpha value is -3.52. The van der Waals surface area contributed by atoms with E-state index in [1.54, 1.807) is 0 Å². The number of para-hydroxylation sites is 2. The molecule has 0 bridgehead atoms. The highest BCUT2D eigenvalue weighted by Gasteiger charge is 2.62. The maximum Gasteiger partial charge on any atom is 0.127 e. The van der Waals surface area contributed by atoms with Crippen LogP contribution >= 0.6 is 0 Å². The molecule has 4 aliphatic rings. The van der Waals surface area contributed by atoms with Gasteiger partial charge in [0.1, 0.15) is 23.0 Å². The minimum absolute atomic E-state index is 0.0272. The summed E-state index contributed by atoms with van der Waals surface area (Å²) in [5.41, 5.74) is 3.80. The maximum absolute atomic E-state index is 6.27. The van der Waals surface area contributed by atoms with Crippen LogP contribution in [-0.2, 0) is 5.41 Å². The molecule has 0 aliphatic heterocycles. The summed E-state index contributed by atoms with van der Waals surface area (Å²) in [6, 6.07) is 38.6. The lowest BCUT2D eigenvalue weighted by molar-refractivity contribution is -0.122.